The number of aliphatic carboxylic acids is 1. The monoisotopic (exact) mass is 335 g/mol. The predicted molar refractivity (Wildman–Crippen MR) is 97.0 cm³/mol. The van der Waals surface area contributed by atoms with E-state index in [4.69, 9.17) is 5.11 Å². The van der Waals surface area contributed by atoms with Crippen molar-refractivity contribution in [2.45, 2.75) is 19.3 Å². The van der Waals surface area contributed by atoms with Crippen molar-refractivity contribution >= 4 is 28.2 Å². The van der Waals surface area contributed by atoms with E-state index >= 15 is 0 Å². The number of nitrogens with zero attached hydrogens (tertiary/aromatic N) is 1. The summed E-state index contributed by atoms with van der Waals surface area (Å²) in [7, 11) is 0. The van der Waals surface area contributed by atoms with Gasteiger partial charge in [-0.05, 0) is 41.2 Å². The fourth-order valence-corrected chi connectivity index (χ4v) is 3.95. The summed E-state index contributed by atoms with van der Waals surface area (Å²) in [6.45, 7) is 1.23. The molecule has 1 amide bonds. The van der Waals surface area contributed by atoms with Gasteiger partial charge in [0.1, 0.15) is 0 Å². The average molecular weight is 335 g/mol. The fourth-order valence-electron chi connectivity index (χ4n) is 3.95. The Hall–Kier alpha value is -2.62. The highest BCUT2D eigenvalue weighted by Gasteiger charge is 2.43. The Balaban J connectivity index is 1.52. The van der Waals surface area contributed by atoms with Gasteiger partial charge in [-0.25, -0.2) is 0 Å². The van der Waals surface area contributed by atoms with Crippen LogP contribution in [0.3, 0.4) is 0 Å². The van der Waals surface area contributed by atoms with Gasteiger partial charge in [-0.1, -0.05) is 48.5 Å². The number of carbonyl (C=O) groups is 2. The van der Waals surface area contributed by atoms with Gasteiger partial charge >= 0.3 is 5.97 Å². The van der Waals surface area contributed by atoms with E-state index in [9.17, 15) is 9.59 Å². The van der Waals surface area contributed by atoms with E-state index in [0.29, 0.717) is 25.9 Å². The van der Waals surface area contributed by atoms with Crippen LogP contribution in [0.4, 0.5) is 0 Å². The van der Waals surface area contributed by atoms with E-state index < -0.39 is 11.9 Å². The molecule has 1 saturated carbocycles. The van der Waals surface area contributed by atoms with Gasteiger partial charge in [0.05, 0.1) is 11.8 Å². The van der Waals surface area contributed by atoms with Crippen molar-refractivity contribution < 1.29 is 14.7 Å². The largest absolute Gasteiger partial charge is 0.481 e. The Morgan fingerprint density at radius 2 is 1.76 bits per heavy atom. The van der Waals surface area contributed by atoms with Gasteiger partial charge in [0.2, 0.25) is 5.91 Å². The molecule has 2 unspecified atom stereocenters. The molecule has 0 saturated heterocycles. The maximum absolute atomic E-state index is 12.6. The molecule has 2 aromatic carbocycles. The Bertz CT molecular complexity index is 865. The summed E-state index contributed by atoms with van der Waals surface area (Å²) in [5.41, 5.74) is 2.50. The SMILES string of the molecule is O=C(O)C1CCC1C(=O)N1CC=C(c2cccc3ccccc23)CC1. The maximum atomic E-state index is 12.6. The lowest BCUT2D eigenvalue weighted by Crippen LogP contribution is -2.47. The minimum Gasteiger partial charge on any atom is -0.481 e. The van der Waals surface area contributed by atoms with Gasteiger partial charge in [0.15, 0.2) is 0 Å². The molecule has 1 fully saturated rings. The number of hydrogen-bond acceptors (Lipinski definition) is 2. The van der Waals surface area contributed by atoms with Crippen LogP contribution in [-0.4, -0.2) is 35.0 Å². The zero-order valence-corrected chi connectivity index (χ0v) is 14.0. The van der Waals surface area contributed by atoms with Gasteiger partial charge in [0.25, 0.3) is 0 Å². The summed E-state index contributed by atoms with van der Waals surface area (Å²) in [5.74, 6) is -1.65. The number of fused-ring (bicyclic) bond motifs is 1. The molecule has 4 nitrogen and oxygen atoms in total. The Morgan fingerprint density at radius 1 is 1.00 bits per heavy atom. The van der Waals surface area contributed by atoms with Gasteiger partial charge in [0, 0.05) is 13.1 Å². The van der Waals surface area contributed by atoms with Gasteiger partial charge in [-0.2, -0.15) is 0 Å². The standard InChI is InChI=1S/C21H21NO3/c23-20(18-8-9-19(18)21(24)25)22-12-10-15(11-13-22)17-7-3-5-14-4-1-2-6-16(14)17/h1-7,10,18-19H,8-9,11-13H2,(H,24,25). The summed E-state index contributed by atoms with van der Waals surface area (Å²) in [6, 6.07) is 14.7. The molecule has 128 valence electrons. The molecule has 1 heterocycles. The van der Waals surface area contributed by atoms with Crippen molar-refractivity contribution in [1.82, 2.24) is 4.90 Å². The molecule has 1 N–H and O–H groups in total. The Labute approximate surface area is 146 Å². The Kier molecular flexibility index (Phi) is 4.04. The van der Waals surface area contributed by atoms with E-state index in [0.717, 1.165) is 6.42 Å². The van der Waals surface area contributed by atoms with Crippen LogP contribution in [0.1, 0.15) is 24.8 Å². The third-order valence-electron chi connectivity index (χ3n) is 5.57. The van der Waals surface area contributed by atoms with Crippen LogP contribution in [0.15, 0.2) is 48.5 Å². The number of amides is 1. The predicted octanol–water partition coefficient (Wildman–Crippen LogP) is 3.57. The number of benzene rings is 2. The van der Waals surface area contributed by atoms with Crippen LogP contribution in [0, 0.1) is 11.8 Å². The minimum absolute atomic E-state index is 0.00636. The first-order valence-electron chi connectivity index (χ1n) is 8.84. The van der Waals surface area contributed by atoms with Crippen molar-refractivity contribution in [1.29, 1.82) is 0 Å². The second-order valence-corrected chi connectivity index (χ2v) is 6.92. The van der Waals surface area contributed by atoms with Crippen LogP contribution in [0.25, 0.3) is 16.3 Å². The van der Waals surface area contributed by atoms with Gasteiger partial charge in [-0.15, -0.1) is 0 Å². The summed E-state index contributed by atoms with van der Waals surface area (Å²) < 4.78 is 0. The van der Waals surface area contributed by atoms with E-state index in [1.165, 1.54) is 21.9 Å². The lowest BCUT2D eigenvalue weighted by atomic mass is 9.72. The molecule has 4 rings (SSSR count). The lowest BCUT2D eigenvalue weighted by molar-refractivity contribution is -0.156. The normalized spacial score (nSPS) is 23.0. The zero-order chi connectivity index (χ0) is 17.4. The molecule has 0 aromatic heterocycles. The van der Waals surface area contributed by atoms with Crippen LogP contribution in [0.5, 0.6) is 0 Å². The van der Waals surface area contributed by atoms with E-state index in [1.807, 2.05) is 17.0 Å². The van der Waals surface area contributed by atoms with Crippen molar-refractivity contribution in [3.05, 3.63) is 54.1 Å². The fraction of sp³-hybridized carbons (Fsp3) is 0.333. The molecule has 2 aliphatic rings. The molecular formula is C21H21NO3. The van der Waals surface area contributed by atoms with E-state index in [2.05, 4.69) is 36.4 Å². The molecule has 0 bridgehead atoms. The second-order valence-electron chi connectivity index (χ2n) is 6.92. The summed E-state index contributed by atoms with van der Waals surface area (Å²) in [4.78, 5) is 25.6. The van der Waals surface area contributed by atoms with Crippen molar-refractivity contribution in [2.75, 3.05) is 13.1 Å². The zero-order valence-electron chi connectivity index (χ0n) is 14.0. The lowest BCUT2D eigenvalue weighted by Gasteiger charge is -2.37. The molecule has 25 heavy (non-hydrogen) atoms. The molecule has 0 radical (unpaired) electrons. The van der Waals surface area contributed by atoms with E-state index in [1.54, 1.807) is 0 Å². The summed E-state index contributed by atoms with van der Waals surface area (Å²) in [5, 5.41) is 11.6. The average Bonchev–Trinajstić information content (AvgIpc) is 2.60. The summed E-state index contributed by atoms with van der Waals surface area (Å²) in [6.07, 6.45) is 4.25. The van der Waals surface area contributed by atoms with E-state index in [-0.39, 0.29) is 11.8 Å². The van der Waals surface area contributed by atoms with Crippen molar-refractivity contribution in [3.8, 4) is 0 Å². The first kappa shape index (κ1) is 15.9. The molecule has 4 heteroatoms. The third kappa shape index (κ3) is 2.82. The van der Waals surface area contributed by atoms with Crippen LogP contribution < -0.4 is 0 Å². The molecule has 1 aliphatic carbocycles. The quantitative estimate of drug-likeness (QED) is 0.933. The topological polar surface area (TPSA) is 57.6 Å². The number of hydrogen-bond donors (Lipinski definition) is 1. The highest BCUT2D eigenvalue weighted by Crippen LogP contribution is 2.37. The number of rotatable bonds is 3. The first-order valence-corrected chi connectivity index (χ1v) is 8.84. The first-order chi connectivity index (χ1) is 12.1. The molecule has 2 aromatic rings. The number of carboxylic acid groups (broad SMARTS) is 1. The number of carboxylic acids is 1. The van der Waals surface area contributed by atoms with Crippen LogP contribution in [0.2, 0.25) is 0 Å². The summed E-state index contributed by atoms with van der Waals surface area (Å²) >= 11 is 0. The second kappa shape index (κ2) is 6.36. The maximum Gasteiger partial charge on any atom is 0.307 e. The van der Waals surface area contributed by atoms with Crippen molar-refractivity contribution in [2.24, 2.45) is 11.8 Å². The Morgan fingerprint density at radius 3 is 2.44 bits per heavy atom. The smallest absolute Gasteiger partial charge is 0.307 e. The minimum atomic E-state index is -0.839. The number of carbonyl (C=O) groups excluding carboxylic acids is 1. The molecular weight excluding hydrogens is 314 g/mol. The highest BCUT2D eigenvalue weighted by molar-refractivity contribution is 5.94. The van der Waals surface area contributed by atoms with Crippen molar-refractivity contribution in [3.63, 3.8) is 0 Å². The van der Waals surface area contributed by atoms with Crippen LogP contribution in [-0.2, 0) is 9.59 Å². The van der Waals surface area contributed by atoms with Gasteiger partial charge < -0.3 is 10.0 Å². The van der Waals surface area contributed by atoms with Gasteiger partial charge in [-0.3, -0.25) is 9.59 Å². The molecule has 1 aliphatic heterocycles. The highest BCUT2D eigenvalue weighted by atomic mass is 16.4. The third-order valence-corrected chi connectivity index (χ3v) is 5.57. The van der Waals surface area contributed by atoms with Crippen LogP contribution >= 0.6 is 0 Å². The molecule has 2 atom stereocenters. The molecule has 0 spiro atoms.